The van der Waals surface area contributed by atoms with Crippen LogP contribution in [0, 0.1) is 0 Å². The van der Waals surface area contributed by atoms with Crippen molar-refractivity contribution in [1.29, 1.82) is 0 Å². The molecule has 0 aliphatic carbocycles. The maximum Gasteiger partial charge on any atom is 0.305 e. The van der Waals surface area contributed by atoms with Gasteiger partial charge in [0.25, 0.3) is 10.1 Å². The van der Waals surface area contributed by atoms with Crippen LogP contribution in [-0.2, 0) is 14.9 Å². The van der Waals surface area contributed by atoms with Crippen LogP contribution in [0.2, 0.25) is 0 Å². The predicted octanol–water partition coefficient (Wildman–Crippen LogP) is 0.665. The molecule has 96 valence electrons. The molecule has 4 N–H and O–H groups in total. The molecular weight excluding hydrogens is 246 g/mol. The summed E-state index contributed by atoms with van der Waals surface area (Å²) < 4.78 is 25.9. The van der Waals surface area contributed by atoms with Gasteiger partial charge in [-0.05, 0) is 5.56 Å². The molecule has 0 saturated heterocycles. The SMILES string of the molecule is CS(=O)(=O)O.N[C@H](CC(=O)O)c1ccccc1. The van der Waals surface area contributed by atoms with Gasteiger partial charge >= 0.3 is 5.97 Å². The van der Waals surface area contributed by atoms with Gasteiger partial charge in [0.1, 0.15) is 0 Å². The van der Waals surface area contributed by atoms with E-state index in [2.05, 4.69) is 0 Å². The van der Waals surface area contributed by atoms with E-state index in [4.69, 9.17) is 15.4 Å². The molecule has 0 saturated carbocycles. The van der Waals surface area contributed by atoms with Gasteiger partial charge in [-0.1, -0.05) is 30.3 Å². The van der Waals surface area contributed by atoms with Gasteiger partial charge in [-0.15, -0.1) is 0 Å². The van der Waals surface area contributed by atoms with Gasteiger partial charge in [0, 0.05) is 6.04 Å². The average Bonchev–Trinajstić information content (AvgIpc) is 2.15. The monoisotopic (exact) mass is 261 g/mol. The van der Waals surface area contributed by atoms with Gasteiger partial charge in [0.15, 0.2) is 0 Å². The highest BCUT2D eigenvalue weighted by Gasteiger charge is 2.08. The number of carbonyl (C=O) groups is 1. The Morgan fingerprint density at radius 2 is 1.76 bits per heavy atom. The zero-order chi connectivity index (χ0) is 13.5. The van der Waals surface area contributed by atoms with E-state index < -0.39 is 22.1 Å². The molecule has 6 nitrogen and oxygen atoms in total. The number of benzene rings is 1. The van der Waals surface area contributed by atoms with Crippen molar-refractivity contribution >= 4 is 16.1 Å². The van der Waals surface area contributed by atoms with E-state index in [0.29, 0.717) is 6.26 Å². The molecule has 1 aromatic carbocycles. The summed E-state index contributed by atoms with van der Waals surface area (Å²) in [4.78, 5) is 10.3. The molecule has 0 aliphatic rings. The minimum atomic E-state index is -3.67. The first kappa shape index (κ1) is 15.6. The van der Waals surface area contributed by atoms with Gasteiger partial charge < -0.3 is 10.8 Å². The van der Waals surface area contributed by atoms with Crippen molar-refractivity contribution in [1.82, 2.24) is 0 Å². The summed E-state index contributed by atoms with van der Waals surface area (Å²) in [7, 11) is -3.67. The number of nitrogens with two attached hydrogens (primary N) is 1. The quantitative estimate of drug-likeness (QED) is 0.688. The van der Waals surface area contributed by atoms with Gasteiger partial charge in [0.05, 0.1) is 12.7 Å². The molecule has 1 aromatic rings. The lowest BCUT2D eigenvalue weighted by Crippen LogP contribution is -2.14. The Kier molecular flexibility index (Phi) is 6.40. The van der Waals surface area contributed by atoms with Crippen molar-refractivity contribution < 1.29 is 22.9 Å². The summed E-state index contributed by atoms with van der Waals surface area (Å²) in [5.41, 5.74) is 6.48. The third kappa shape index (κ3) is 10.8. The van der Waals surface area contributed by atoms with E-state index in [9.17, 15) is 13.2 Å². The van der Waals surface area contributed by atoms with Crippen molar-refractivity contribution in [3.8, 4) is 0 Å². The molecule has 0 bridgehead atoms. The van der Waals surface area contributed by atoms with E-state index in [1.807, 2.05) is 30.3 Å². The Hall–Kier alpha value is -1.44. The number of rotatable bonds is 3. The molecule has 7 heteroatoms. The molecule has 0 aromatic heterocycles. The van der Waals surface area contributed by atoms with Crippen LogP contribution in [0.15, 0.2) is 30.3 Å². The highest BCUT2D eigenvalue weighted by molar-refractivity contribution is 7.85. The topological polar surface area (TPSA) is 118 Å². The summed E-state index contributed by atoms with van der Waals surface area (Å²) in [6.07, 6.45) is 0.691. The normalized spacial score (nSPS) is 12.2. The predicted molar refractivity (Wildman–Crippen MR) is 63.1 cm³/mol. The van der Waals surface area contributed by atoms with Crippen molar-refractivity contribution in [2.45, 2.75) is 12.5 Å². The lowest BCUT2D eigenvalue weighted by atomic mass is 10.1. The molecule has 1 atom stereocenters. The standard InChI is InChI=1S/C9H11NO2.CH4O3S/c10-8(6-9(11)12)7-4-2-1-3-5-7;1-5(2,3)4/h1-5,8H,6,10H2,(H,11,12);1H3,(H,2,3,4)/t8-;/m1./s1. The number of carboxylic acid groups (broad SMARTS) is 1. The number of carboxylic acids is 1. The number of aliphatic carboxylic acids is 1. The van der Waals surface area contributed by atoms with Gasteiger partial charge in [0.2, 0.25) is 0 Å². The third-order valence-corrected chi connectivity index (χ3v) is 1.62. The average molecular weight is 261 g/mol. The Labute approximate surface area is 99.8 Å². The summed E-state index contributed by atoms with van der Waals surface area (Å²) in [6.45, 7) is 0. The van der Waals surface area contributed by atoms with E-state index in [-0.39, 0.29) is 6.42 Å². The van der Waals surface area contributed by atoms with E-state index in [0.717, 1.165) is 5.56 Å². The smallest absolute Gasteiger partial charge is 0.305 e. The molecule has 0 aliphatic heterocycles. The van der Waals surface area contributed by atoms with Crippen molar-refractivity contribution in [3.05, 3.63) is 35.9 Å². The molecular formula is C10H15NO5S. The first-order valence-electron chi connectivity index (χ1n) is 4.65. The van der Waals surface area contributed by atoms with Gasteiger partial charge in [-0.3, -0.25) is 9.35 Å². The second-order valence-corrected chi connectivity index (χ2v) is 4.81. The van der Waals surface area contributed by atoms with Crippen molar-refractivity contribution in [3.63, 3.8) is 0 Å². The fourth-order valence-electron chi connectivity index (χ4n) is 1.01. The van der Waals surface area contributed by atoms with E-state index in [1.165, 1.54) is 0 Å². The maximum atomic E-state index is 10.3. The molecule has 0 unspecified atom stereocenters. The molecule has 0 radical (unpaired) electrons. The van der Waals surface area contributed by atoms with Gasteiger partial charge in [-0.25, -0.2) is 0 Å². The van der Waals surface area contributed by atoms with E-state index >= 15 is 0 Å². The molecule has 0 heterocycles. The summed E-state index contributed by atoms with van der Waals surface area (Å²) >= 11 is 0. The Morgan fingerprint density at radius 1 is 1.35 bits per heavy atom. The number of hydrogen-bond acceptors (Lipinski definition) is 4. The van der Waals surface area contributed by atoms with E-state index in [1.54, 1.807) is 0 Å². The first-order chi connectivity index (χ1) is 7.70. The maximum absolute atomic E-state index is 10.3. The minimum absolute atomic E-state index is 0.0238. The Bertz CT molecular complexity index is 435. The van der Waals surface area contributed by atoms with Crippen LogP contribution >= 0.6 is 0 Å². The van der Waals surface area contributed by atoms with Crippen molar-refractivity contribution in [2.24, 2.45) is 5.73 Å². The molecule has 0 fully saturated rings. The third-order valence-electron chi connectivity index (χ3n) is 1.62. The molecule has 0 amide bonds. The summed E-state index contributed by atoms with van der Waals surface area (Å²) in [5.74, 6) is -0.869. The fraction of sp³-hybridized carbons (Fsp3) is 0.300. The second-order valence-electron chi connectivity index (χ2n) is 3.35. The Morgan fingerprint density at radius 3 is 2.12 bits per heavy atom. The molecule has 0 spiro atoms. The highest BCUT2D eigenvalue weighted by atomic mass is 32.2. The minimum Gasteiger partial charge on any atom is -0.481 e. The van der Waals surface area contributed by atoms with Crippen molar-refractivity contribution in [2.75, 3.05) is 6.26 Å². The zero-order valence-corrected chi connectivity index (χ0v) is 10.1. The lowest BCUT2D eigenvalue weighted by Gasteiger charge is -2.07. The summed E-state index contributed by atoms with van der Waals surface area (Å²) in [6, 6.07) is 8.82. The zero-order valence-electron chi connectivity index (χ0n) is 9.28. The van der Waals surface area contributed by atoms with Crippen LogP contribution in [0.3, 0.4) is 0 Å². The van der Waals surface area contributed by atoms with Crippen LogP contribution in [0.1, 0.15) is 18.0 Å². The molecule has 17 heavy (non-hydrogen) atoms. The van der Waals surface area contributed by atoms with Crippen LogP contribution in [0.5, 0.6) is 0 Å². The Balaban J connectivity index is 0.000000437. The van der Waals surface area contributed by atoms with Crippen LogP contribution in [0.4, 0.5) is 0 Å². The summed E-state index contributed by atoms with van der Waals surface area (Å²) in [5, 5.41) is 8.47. The lowest BCUT2D eigenvalue weighted by molar-refractivity contribution is -0.137. The fourth-order valence-corrected chi connectivity index (χ4v) is 1.01. The first-order valence-corrected chi connectivity index (χ1v) is 6.49. The van der Waals surface area contributed by atoms with Crippen LogP contribution in [0.25, 0.3) is 0 Å². The number of hydrogen-bond donors (Lipinski definition) is 3. The van der Waals surface area contributed by atoms with Crippen LogP contribution in [-0.4, -0.2) is 30.3 Å². The largest absolute Gasteiger partial charge is 0.481 e. The van der Waals surface area contributed by atoms with Gasteiger partial charge in [-0.2, -0.15) is 8.42 Å². The molecule has 1 rings (SSSR count). The highest BCUT2D eigenvalue weighted by Crippen LogP contribution is 2.12. The second kappa shape index (κ2) is 7.00. The van der Waals surface area contributed by atoms with Crippen LogP contribution < -0.4 is 5.73 Å².